The summed E-state index contributed by atoms with van der Waals surface area (Å²) < 4.78 is 32.3. The smallest absolute Gasteiger partial charge is 0.337 e. The first-order valence-corrected chi connectivity index (χ1v) is 12.2. The number of benzene rings is 3. The minimum atomic E-state index is -3.70. The summed E-state index contributed by atoms with van der Waals surface area (Å²) in [7, 11) is -2.44. The van der Waals surface area contributed by atoms with Crippen LogP contribution in [0, 0.1) is 0 Å². The number of nitrogens with zero attached hydrogens (tertiary/aromatic N) is 1. The van der Waals surface area contributed by atoms with Crippen molar-refractivity contribution in [2.75, 3.05) is 23.3 Å². The Morgan fingerprint density at radius 2 is 1.68 bits per heavy atom. The highest BCUT2D eigenvalue weighted by Crippen LogP contribution is 2.32. The fraction of sp³-hybridized carbons (Fsp3) is 0.125. The first-order chi connectivity index (χ1) is 16.3. The number of fused-ring (bicyclic) bond motifs is 1. The number of sulfonamides is 1. The number of methoxy groups -OCH3 is 1. The molecule has 1 aliphatic rings. The van der Waals surface area contributed by atoms with Crippen LogP contribution in [0.2, 0.25) is 0 Å². The Kier molecular flexibility index (Phi) is 6.62. The Hall–Kier alpha value is -3.76. The van der Waals surface area contributed by atoms with Crippen LogP contribution < -0.4 is 14.9 Å². The Morgan fingerprint density at radius 1 is 0.971 bits per heavy atom. The van der Waals surface area contributed by atoms with E-state index in [1.54, 1.807) is 30.3 Å². The second-order valence-corrected chi connectivity index (χ2v) is 9.73. The number of hydrogen-bond donors (Lipinski definition) is 2. The van der Waals surface area contributed by atoms with Crippen molar-refractivity contribution in [1.82, 2.24) is 5.32 Å². The summed E-state index contributed by atoms with van der Waals surface area (Å²) in [6.45, 7) is 0.398. The number of anilines is 2. The van der Waals surface area contributed by atoms with Gasteiger partial charge in [0.05, 0.1) is 23.3 Å². The lowest BCUT2D eigenvalue weighted by Gasteiger charge is -2.19. The predicted molar refractivity (Wildman–Crippen MR) is 133 cm³/mol. The maximum atomic E-state index is 13.1. The summed E-state index contributed by atoms with van der Waals surface area (Å²) in [6, 6.07) is 19.6. The van der Waals surface area contributed by atoms with Gasteiger partial charge in [-0.2, -0.15) is 0 Å². The van der Waals surface area contributed by atoms with Crippen LogP contribution in [-0.4, -0.2) is 39.1 Å². The van der Waals surface area contributed by atoms with Crippen molar-refractivity contribution in [2.45, 2.75) is 11.3 Å². The number of esters is 1. The van der Waals surface area contributed by atoms with Gasteiger partial charge in [-0.25, -0.2) is 13.2 Å². The van der Waals surface area contributed by atoms with Crippen molar-refractivity contribution in [3.05, 3.63) is 89.5 Å². The average molecular weight is 496 g/mol. The summed E-state index contributed by atoms with van der Waals surface area (Å²) in [4.78, 5) is 24.3. The third-order valence-corrected chi connectivity index (χ3v) is 7.35. The topological polar surface area (TPSA) is 105 Å². The van der Waals surface area contributed by atoms with Crippen LogP contribution in [0.4, 0.5) is 11.4 Å². The third-order valence-electron chi connectivity index (χ3n) is 5.32. The molecule has 1 amide bonds. The predicted octanol–water partition coefficient (Wildman–Crippen LogP) is 3.35. The van der Waals surface area contributed by atoms with Gasteiger partial charge in [-0.3, -0.25) is 14.4 Å². The fourth-order valence-electron chi connectivity index (χ4n) is 3.64. The van der Waals surface area contributed by atoms with Gasteiger partial charge in [-0.05, 0) is 72.7 Å². The molecule has 1 heterocycles. The van der Waals surface area contributed by atoms with Crippen molar-refractivity contribution in [3.8, 4) is 0 Å². The lowest BCUT2D eigenvalue weighted by molar-refractivity contribution is 0.0600. The number of ether oxygens (including phenoxy) is 1. The lowest BCUT2D eigenvalue weighted by atomic mass is 10.1. The number of carbonyl (C=O) groups is 2. The third kappa shape index (κ3) is 4.78. The van der Waals surface area contributed by atoms with Gasteiger partial charge in [0.15, 0.2) is 5.11 Å². The second-order valence-electron chi connectivity index (χ2n) is 7.46. The standard InChI is InChI=1S/C24H21N3O5S2/c1-32-23(29)18-7-4-6-17(15-18)22(28)26-24(33)25-19-9-11-20(12-10-19)34(30,31)27-14-13-16-5-2-3-8-21(16)27/h2-12,15H,13-14H2,1H3,(H2,25,26,28,33). The van der Waals surface area contributed by atoms with Gasteiger partial charge < -0.3 is 10.1 Å². The minimum Gasteiger partial charge on any atom is -0.465 e. The molecule has 34 heavy (non-hydrogen) atoms. The molecule has 0 radical (unpaired) electrons. The molecular weight excluding hydrogens is 474 g/mol. The number of thiocarbonyl (C=S) groups is 1. The molecule has 0 fully saturated rings. The van der Waals surface area contributed by atoms with Crippen molar-refractivity contribution < 1.29 is 22.7 Å². The van der Waals surface area contributed by atoms with Crippen LogP contribution in [0.3, 0.4) is 0 Å². The zero-order chi connectivity index (χ0) is 24.3. The van der Waals surface area contributed by atoms with E-state index in [-0.39, 0.29) is 21.1 Å². The second kappa shape index (κ2) is 9.62. The molecule has 10 heteroatoms. The molecule has 0 unspecified atom stereocenters. The van der Waals surface area contributed by atoms with Crippen LogP contribution in [0.1, 0.15) is 26.3 Å². The van der Waals surface area contributed by atoms with Gasteiger partial charge in [0, 0.05) is 17.8 Å². The molecule has 0 atom stereocenters. The zero-order valence-electron chi connectivity index (χ0n) is 18.1. The molecule has 0 aromatic heterocycles. The summed E-state index contributed by atoms with van der Waals surface area (Å²) in [6.07, 6.45) is 0.672. The molecule has 0 saturated carbocycles. The van der Waals surface area contributed by atoms with Gasteiger partial charge in [0.1, 0.15) is 0 Å². The Labute approximate surface area is 202 Å². The van der Waals surface area contributed by atoms with E-state index >= 15 is 0 Å². The van der Waals surface area contributed by atoms with Gasteiger partial charge >= 0.3 is 5.97 Å². The summed E-state index contributed by atoms with van der Waals surface area (Å²) >= 11 is 5.20. The number of hydrogen-bond acceptors (Lipinski definition) is 6. The molecule has 2 N–H and O–H groups in total. The average Bonchev–Trinajstić information content (AvgIpc) is 3.29. The van der Waals surface area contributed by atoms with Crippen LogP contribution >= 0.6 is 12.2 Å². The van der Waals surface area contributed by atoms with Crippen LogP contribution in [-0.2, 0) is 21.2 Å². The van der Waals surface area contributed by atoms with Crippen LogP contribution in [0.25, 0.3) is 0 Å². The molecular formula is C24H21N3O5S2. The summed E-state index contributed by atoms with van der Waals surface area (Å²) in [5.74, 6) is -1.06. The van der Waals surface area contributed by atoms with Gasteiger partial charge in [-0.15, -0.1) is 0 Å². The molecule has 0 saturated heterocycles. The van der Waals surface area contributed by atoms with E-state index in [1.165, 1.54) is 35.7 Å². The number of amides is 1. The van der Waals surface area contributed by atoms with E-state index in [9.17, 15) is 18.0 Å². The summed E-state index contributed by atoms with van der Waals surface area (Å²) in [5, 5.41) is 5.41. The quantitative estimate of drug-likeness (QED) is 0.413. The lowest BCUT2D eigenvalue weighted by Crippen LogP contribution is -2.34. The van der Waals surface area contributed by atoms with E-state index in [2.05, 4.69) is 15.4 Å². The molecule has 4 rings (SSSR count). The Morgan fingerprint density at radius 3 is 2.41 bits per heavy atom. The first kappa shape index (κ1) is 23.4. The molecule has 0 aliphatic carbocycles. The summed E-state index contributed by atoms with van der Waals surface area (Å²) in [5.41, 5.74) is 2.69. The van der Waals surface area contributed by atoms with E-state index < -0.39 is 21.9 Å². The maximum absolute atomic E-state index is 13.1. The molecule has 8 nitrogen and oxygen atoms in total. The first-order valence-electron chi connectivity index (χ1n) is 10.3. The number of nitrogens with one attached hydrogen (secondary N) is 2. The Bertz CT molecular complexity index is 1370. The van der Waals surface area contributed by atoms with Gasteiger partial charge in [-0.1, -0.05) is 24.3 Å². The molecule has 3 aromatic carbocycles. The highest BCUT2D eigenvalue weighted by molar-refractivity contribution is 7.92. The molecule has 1 aliphatic heterocycles. The largest absolute Gasteiger partial charge is 0.465 e. The number of para-hydroxylation sites is 1. The van der Waals surface area contributed by atoms with Crippen LogP contribution in [0.15, 0.2) is 77.7 Å². The van der Waals surface area contributed by atoms with Crippen molar-refractivity contribution >= 4 is 50.6 Å². The van der Waals surface area contributed by atoms with Crippen molar-refractivity contribution in [1.29, 1.82) is 0 Å². The molecule has 3 aromatic rings. The molecule has 0 spiro atoms. The van der Waals surface area contributed by atoms with E-state index in [0.717, 1.165) is 5.56 Å². The van der Waals surface area contributed by atoms with Crippen molar-refractivity contribution in [3.63, 3.8) is 0 Å². The Balaban J connectivity index is 1.42. The van der Waals surface area contributed by atoms with Gasteiger partial charge in [0.2, 0.25) is 0 Å². The highest BCUT2D eigenvalue weighted by Gasteiger charge is 2.30. The number of carbonyl (C=O) groups excluding carboxylic acids is 2. The molecule has 0 bridgehead atoms. The highest BCUT2D eigenvalue weighted by atomic mass is 32.2. The van der Waals surface area contributed by atoms with Gasteiger partial charge in [0.25, 0.3) is 15.9 Å². The SMILES string of the molecule is COC(=O)c1cccc(C(=O)NC(=S)Nc2ccc(S(=O)(=O)N3CCc4ccccc43)cc2)c1. The van der Waals surface area contributed by atoms with Crippen LogP contribution in [0.5, 0.6) is 0 Å². The van der Waals surface area contributed by atoms with E-state index in [4.69, 9.17) is 12.2 Å². The van der Waals surface area contributed by atoms with E-state index in [0.29, 0.717) is 24.3 Å². The zero-order valence-corrected chi connectivity index (χ0v) is 19.8. The maximum Gasteiger partial charge on any atom is 0.337 e. The minimum absolute atomic E-state index is 0.0255. The monoisotopic (exact) mass is 495 g/mol. The fourth-order valence-corrected chi connectivity index (χ4v) is 5.35. The normalized spacial score (nSPS) is 12.6. The van der Waals surface area contributed by atoms with Crippen molar-refractivity contribution in [2.24, 2.45) is 0 Å². The molecule has 174 valence electrons. The van der Waals surface area contributed by atoms with E-state index in [1.807, 2.05) is 18.2 Å². The number of rotatable bonds is 5.